The predicted octanol–water partition coefficient (Wildman–Crippen LogP) is 3.57. The van der Waals surface area contributed by atoms with Crippen LogP contribution in [-0.4, -0.2) is 42.2 Å². The second-order valence-electron chi connectivity index (χ2n) is 8.42. The van der Waals surface area contributed by atoms with Crippen molar-refractivity contribution in [3.05, 3.63) is 47.4 Å². The van der Waals surface area contributed by atoms with Crippen molar-refractivity contribution >= 4 is 16.9 Å². The molecule has 0 amide bonds. The summed E-state index contributed by atoms with van der Waals surface area (Å²) in [4.78, 5) is 18.8. The van der Waals surface area contributed by atoms with Crippen LogP contribution < -0.4 is 0 Å². The first kappa shape index (κ1) is 16.9. The van der Waals surface area contributed by atoms with E-state index >= 15 is 0 Å². The van der Waals surface area contributed by atoms with Crippen LogP contribution in [0.3, 0.4) is 0 Å². The van der Waals surface area contributed by atoms with Crippen LogP contribution in [0.5, 0.6) is 0 Å². The van der Waals surface area contributed by atoms with Crippen molar-refractivity contribution in [1.29, 1.82) is 0 Å². The van der Waals surface area contributed by atoms with Crippen molar-refractivity contribution in [2.24, 2.45) is 11.3 Å². The Kier molecular flexibility index (Phi) is 3.66. The summed E-state index contributed by atoms with van der Waals surface area (Å²) < 4.78 is 10.9. The molecule has 0 saturated carbocycles. The maximum absolute atomic E-state index is 12.5. The van der Waals surface area contributed by atoms with Crippen molar-refractivity contribution in [2.75, 3.05) is 20.2 Å². The molecule has 1 N–H and O–H groups in total. The Morgan fingerprint density at radius 3 is 3.00 bits per heavy atom. The topological polar surface area (TPSA) is 54.6 Å². The van der Waals surface area contributed by atoms with E-state index in [4.69, 9.17) is 9.47 Å². The maximum Gasteiger partial charge on any atom is 0.337 e. The van der Waals surface area contributed by atoms with Gasteiger partial charge in [0, 0.05) is 41.0 Å². The highest BCUT2D eigenvalue weighted by Crippen LogP contribution is 2.54. The van der Waals surface area contributed by atoms with Crippen molar-refractivity contribution < 1.29 is 14.3 Å². The SMILES string of the molecule is COC(=O)C1=CO[C@H](C)C2CN3CCc4c([nH]c5ccccc45)[C@H]3CC12C. The summed E-state index contributed by atoms with van der Waals surface area (Å²) in [6.45, 7) is 6.32. The number of carbonyl (C=O) groups excluding carboxylic acids is 1. The number of benzene rings is 1. The third-order valence-corrected chi connectivity index (χ3v) is 7.12. The third-order valence-electron chi connectivity index (χ3n) is 7.12. The number of piperidine rings is 1. The number of esters is 1. The lowest BCUT2D eigenvalue weighted by molar-refractivity contribution is -0.142. The molecule has 0 spiro atoms. The van der Waals surface area contributed by atoms with E-state index in [9.17, 15) is 4.79 Å². The molecule has 1 aromatic heterocycles. The summed E-state index contributed by atoms with van der Waals surface area (Å²) in [5.74, 6) is 0.00862. The molecule has 2 aromatic rings. The predicted molar refractivity (Wildman–Crippen MR) is 103 cm³/mol. The Hall–Kier alpha value is -2.27. The van der Waals surface area contributed by atoms with Gasteiger partial charge in [-0.2, -0.15) is 0 Å². The van der Waals surface area contributed by atoms with E-state index in [2.05, 4.69) is 48.0 Å². The van der Waals surface area contributed by atoms with Crippen LogP contribution >= 0.6 is 0 Å². The third kappa shape index (κ3) is 2.30. The molecule has 1 saturated heterocycles. The number of methoxy groups -OCH3 is 1. The molecule has 3 aliphatic heterocycles. The number of ether oxygens (including phenoxy) is 2. The Labute approximate surface area is 159 Å². The van der Waals surface area contributed by atoms with Gasteiger partial charge in [0.15, 0.2) is 0 Å². The summed E-state index contributed by atoms with van der Waals surface area (Å²) in [7, 11) is 1.45. The number of rotatable bonds is 1. The van der Waals surface area contributed by atoms with Gasteiger partial charge in [-0.1, -0.05) is 25.1 Å². The summed E-state index contributed by atoms with van der Waals surface area (Å²) in [5.41, 5.74) is 4.40. The minimum absolute atomic E-state index is 0.0912. The molecular weight excluding hydrogens is 340 g/mol. The van der Waals surface area contributed by atoms with E-state index in [1.165, 1.54) is 29.3 Å². The van der Waals surface area contributed by atoms with Gasteiger partial charge in [-0.15, -0.1) is 0 Å². The molecule has 1 fully saturated rings. The first-order valence-corrected chi connectivity index (χ1v) is 9.81. The largest absolute Gasteiger partial charge is 0.497 e. The lowest BCUT2D eigenvalue weighted by Crippen LogP contribution is -2.56. The van der Waals surface area contributed by atoms with Gasteiger partial charge in [0.1, 0.15) is 0 Å². The van der Waals surface area contributed by atoms with Crippen LogP contribution in [0.15, 0.2) is 36.1 Å². The van der Waals surface area contributed by atoms with Crippen LogP contribution in [0, 0.1) is 11.3 Å². The molecule has 1 aromatic carbocycles. The number of fused-ring (bicyclic) bond motifs is 6. The summed E-state index contributed by atoms with van der Waals surface area (Å²) in [5, 5.41) is 1.34. The molecule has 3 aliphatic rings. The Bertz CT molecular complexity index is 946. The maximum atomic E-state index is 12.5. The van der Waals surface area contributed by atoms with E-state index in [1.807, 2.05) is 0 Å². The lowest BCUT2D eigenvalue weighted by atomic mass is 9.61. The molecule has 4 atom stereocenters. The Morgan fingerprint density at radius 2 is 2.19 bits per heavy atom. The second-order valence-corrected chi connectivity index (χ2v) is 8.42. The van der Waals surface area contributed by atoms with Gasteiger partial charge >= 0.3 is 5.97 Å². The normalized spacial score (nSPS) is 32.7. The van der Waals surface area contributed by atoms with Gasteiger partial charge in [-0.3, -0.25) is 4.90 Å². The summed E-state index contributed by atoms with van der Waals surface area (Å²) in [6.07, 6.45) is 3.70. The molecule has 27 heavy (non-hydrogen) atoms. The average Bonchev–Trinajstić information content (AvgIpc) is 3.06. The molecule has 4 heterocycles. The van der Waals surface area contributed by atoms with Crippen LogP contribution in [0.1, 0.15) is 37.6 Å². The van der Waals surface area contributed by atoms with Crippen LogP contribution in [0.2, 0.25) is 0 Å². The van der Waals surface area contributed by atoms with Crippen LogP contribution in [-0.2, 0) is 20.7 Å². The fraction of sp³-hybridized carbons (Fsp3) is 0.500. The number of carbonyl (C=O) groups is 1. The quantitative estimate of drug-likeness (QED) is 0.784. The molecule has 142 valence electrons. The fourth-order valence-corrected chi connectivity index (χ4v) is 5.60. The molecule has 5 rings (SSSR count). The van der Waals surface area contributed by atoms with Gasteiger partial charge in [-0.25, -0.2) is 4.79 Å². The van der Waals surface area contributed by atoms with E-state index < -0.39 is 0 Å². The van der Waals surface area contributed by atoms with Gasteiger partial charge in [-0.05, 0) is 31.4 Å². The summed E-state index contributed by atoms with van der Waals surface area (Å²) >= 11 is 0. The van der Waals surface area contributed by atoms with Crippen molar-refractivity contribution in [1.82, 2.24) is 9.88 Å². The number of nitrogens with one attached hydrogen (secondary N) is 1. The van der Waals surface area contributed by atoms with Crippen LogP contribution in [0.25, 0.3) is 10.9 Å². The highest BCUT2D eigenvalue weighted by molar-refractivity contribution is 5.90. The van der Waals surface area contributed by atoms with Gasteiger partial charge in [0.25, 0.3) is 0 Å². The van der Waals surface area contributed by atoms with Crippen molar-refractivity contribution in [3.63, 3.8) is 0 Å². The number of H-pyrrole nitrogens is 1. The number of para-hydroxylation sites is 1. The van der Waals surface area contributed by atoms with E-state index in [0.717, 1.165) is 25.9 Å². The van der Waals surface area contributed by atoms with Gasteiger partial charge < -0.3 is 14.5 Å². The average molecular weight is 366 g/mol. The number of aromatic nitrogens is 1. The number of hydrogen-bond acceptors (Lipinski definition) is 4. The Morgan fingerprint density at radius 1 is 1.37 bits per heavy atom. The number of aromatic amines is 1. The number of nitrogens with zero attached hydrogens (tertiary/aromatic N) is 1. The van der Waals surface area contributed by atoms with Gasteiger partial charge in [0.2, 0.25) is 0 Å². The smallest absolute Gasteiger partial charge is 0.337 e. The fourth-order valence-electron chi connectivity index (χ4n) is 5.60. The zero-order valence-electron chi connectivity index (χ0n) is 16.1. The van der Waals surface area contributed by atoms with E-state index in [1.54, 1.807) is 6.26 Å². The summed E-state index contributed by atoms with van der Waals surface area (Å²) in [6, 6.07) is 8.85. The lowest BCUT2D eigenvalue weighted by Gasteiger charge is -2.54. The molecule has 2 unspecified atom stereocenters. The monoisotopic (exact) mass is 366 g/mol. The van der Waals surface area contributed by atoms with E-state index in [0.29, 0.717) is 11.6 Å². The zero-order valence-corrected chi connectivity index (χ0v) is 16.1. The molecule has 0 radical (unpaired) electrons. The standard InChI is InChI=1S/C22H26N2O3/c1-13-16-11-24-9-8-15-14-6-4-5-7-18(14)23-20(15)19(24)10-22(16,2)17(12-27-13)21(25)26-3/h4-7,12-13,16,19,23H,8-11H2,1-3H3/t13-,16?,19-,22?/m1/s1. The first-order chi connectivity index (χ1) is 13.0. The number of hydrogen-bond donors (Lipinski definition) is 1. The van der Waals surface area contributed by atoms with Crippen molar-refractivity contribution in [3.8, 4) is 0 Å². The second kappa shape index (κ2) is 5.86. The molecule has 5 nitrogen and oxygen atoms in total. The molecule has 0 bridgehead atoms. The van der Waals surface area contributed by atoms with Crippen molar-refractivity contribution in [2.45, 2.75) is 38.8 Å². The highest BCUT2D eigenvalue weighted by Gasteiger charge is 2.54. The Balaban J connectivity index is 1.60. The minimum atomic E-state index is -0.268. The molecule has 5 heteroatoms. The molecular formula is C22H26N2O3. The van der Waals surface area contributed by atoms with Gasteiger partial charge in [0.05, 0.1) is 31.1 Å². The highest BCUT2D eigenvalue weighted by atomic mass is 16.5. The first-order valence-electron chi connectivity index (χ1n) is 9.81. The van der Waals surface area contributed by atoms with Crippen LogP contribution in [0.4, 0.5) is 0 Å². The zero-order chi connectivity index (χ0) is 18.8. The molecule has 0 aliphatic carbocycles. The minimum Gasteiger partial charge on any atom is -0.497 e. The van der Waals surface area contributed by atoms with E-state index in [-0.39, 0.29) is 23.4 Å².